The van der Waals surface area contributed by atoms with Crippen LogP contribution >= 0.6 is 11.6 Å². The van der Waals surface area contributed by atoms with Crippen LogP contribution in [-0.2, 0) is 6.18 Å². The third-order valence-corrected chi connectivity index (χ3v) is 4.67. The second-order valence-electron chi connectivity index (χ2n) is 6.56. The van der Waals surface area contributed by atoms with Crippen LogP contribution in [0.15, 0.2) is 42.5 Å². The monoisotopic (exact) mass is 399 g/mol. The van der Waals surface area contributed by atoms with Crippen LogP contribution in [-0.4, -0.2) is 19.2 Å². The van der Waals surface area contributed by atoms with E-state index in [1.54, 1.807) is 31.2 Å². The van der Waals surface area contributed by atoms with E-state index in [2.05, 4.69) is 5.32 Å². The topological polar surface area (TPSA) is 30.5 Å². The van der Waals surface area contributed by atoms with Crippen LogP contribution in [0.3, 0.4) is 0 Å². The van der Waals surface area contributed by atoms with Crippen molar-refractivity contribution in [2.24, 2.45) is 0 Å². The molecule has 0 saturated carbocycles. The van der Waals surface area contributed by atoms with Gasteiger partial charge in [0, 0.05) is 17.6 Å². The lowest BCUT2D eigenvalue weighted by atomic mass is 10.1. The van der Waals surface area contributed by atoms with Crippen LogP contribution in [0.25, 0.3) is 0 Å². The van der Waals surface area contributed by atoms with Gasteiger partial charge in [0.1, 0.15) is 12.2 Å². The molecule has 1 fully saturated rings. The Morgan fingerprint density at radius 1 is 1.15 bits per heavy atom. The first-order valence-electron chi connectivity index (χ1n) is 8.83. The number of benzene rings is 2. The molecule has 3 nitrogen and oxygen atoms in total. The summed E-state index contributed by atoms with van der Waals surface area (Å²) in [6.45, 7) is 3.40. The van der Waals surface area contributed by atoms with Gasteiger partial charge in [-0.15, -0.1) is 0 Å². The van der Waals surface area contributed by atoms with Gasteiger partial charge < -0.3 is 14.8 Å². The lowest BCUT2D eigenvalue weighted by Crippen LogP contribution is -2.37. The number of hydrogen-bond donors (Lipinski definition) is 1. The Hall–Kier alpha value is -1.92. The van der Waals surface area contributed by atoms with E-state index in [1.807, 2.05) is 0 Å². The summed E-state index contributed by atoms with van der Waals surface area (Å²) < 4.78 is 50.8. The van der Waals surface area contributed by atoms with E-state index in [0.29, 0.717) is 22.1 Å². The van der Waals surface area contributed by atoms with Crippen molar-refractivity contribution in [3.8, 4) is 11.5 Å². The second kappa shape index (κ2) is 8.40. The van der Waals surface area contributed by atoms with Crippen molar-refractivity contribution < 1.29 is 22.6 Å². The van der Waals surface area contributed by atoms with Crippen LogP contribution in [0.4, 0.5) is 13.2 Å². The Bertz CT molecular complexity index is 776. The summed E-state index contributed by atoms with van der Waals surface area (Å²) in [5, 5.41) is 3.78. The first kappa shape index (κ1) is 19.8. The van der Waals surface area contributed by atoms with E-state index in [0.717, 1.165) is 38.1 Å². The summed E-state index contributed by atoms with van der Waals surface area (Å²) in [7, 11) is 0. The molecule has 27 heavy (non-hydrogen) atoms. The highest BCUT2D eigenvalue weighted by molar-refractivity contribution is 6.30. The third-order valence-electron chi connectivity index (χ3n) is 4.44. The molecule has 1 aliphatic heterocycles. The number of piperidine rings is 1. The lowest BCUT2D eigenvalue weighted by Gasteiger charge is -2.26. The Morgan fingerprint density at radius 3 is 2.67 bits per heavy atom. The molecule has 3 rings (SSSR count). The van der Waals surface area contributed by atoms with Crippen molar-refractivity contribution in [1.82, 2.24) is 5.32 Å². The fourth-order valence-corrected chi connectivity index (χ4v) is 3.16. The summed E-state index contributed by atoms with van der Waals surface area (Å²) in [4.78, 5) is 0. The summed E-state index contributed by atoms with van der Waals surface area (Å²) in [6, 6.07) is 10.2. The molecule has 0 radical (unpaired) electrons. The zero-order valence-corrected chi connectivity index (χ0v) is 15.6. The molecule has 0 spiro atoms. The number of hydrogen-bond acceptors (Lipinski definition) is 3. The fourth-order valence-electron chi connectivity index (χ4n) is 3.00. The van der Waals surface area contributed by atoms with E-state index in [-0.39, 0.29) is 6.10 Å². The van der Waals surface area contributed by atoms with Crippen LogP contribution in [0, 0.1) is 0 Å². The predicted octanol–water partition coefficient (Wildman–Crippen LogP) is 5.63. The standard InChI is InChI=1S/C20H21ClF3NO2/c1-13(14-4-2-5-15(10-14)20(22,23)24)26-18-8-7-16(21)11-19(18)27-17-6-3-9-25-12-17/h2,4-5,7-8,10-11,13,17,25H,3,6,9,12H2,1H3/t13-,17-/m1/s1. The average molecular weight is 400 g/mol. The van der Waals surface area contributed by atoms with Crippen molar-refractivity contribution in [2.75, 3.05) is 13.1 Å². The van der Waals surface area contributed by atoms with Gasteiger partial charge >= 0.3 is 6.18 Å². The largest absolute Gasteiger partial charge is 0.485 e. The molecule has 1 saturated heterocycles. The Balaban J connectivity index is 1.78. The quantitative estimate of drug-likeness (QED) is 0.706. The number of ether oxygens (including phenoxy) is 2. The molecule has 2 atom stereocenters. The molecule has 0 bridgehead atoms. The molecular formula is C20H21ClF3NO2. The van der Waals surface area contributed by atoms with Crippen molar-refractivity contribution >= 4 is 11.6 Å². The minimum Gasteiger partial charge on any atom is -0.485 e. The Labute approximate surface area is 161 Å². The highest BCUT2D eigenvalue weighted by atomic mass is 35.5. The number of halogens is 4. The molecular weight excluding hydrogens is 379 g/mol. The van der Waals surface area contributed by atoms with Gasteiger partial charge in [-0.1, -0.05) is 23.7 Å². The van der Waals surface area contributed by atoms with Gasteiger partial charge in [-0.25, -0.2) is 0 Å². The molecule has 0 aliphatic carbocycles. The average Bonchev–Trinajstić information content (AvgIpc) is 2.64. The third kappa shape index (κ3) is 5.30. The molecule has 0 unspecified atom stereocenters. The molecule has 2 aromatic carbocycles. The van der Waals surface area contributed by atoms with Gasteiger partial charge in [0.05, 0.1) is 5.56 Å². The smallest absolute Gasteiger partial charge is 0.416 e. The van der Waals surface area contributed by atoms with Gasteiger partial charge in [0.15, 0.2) is 11.5 Å². The molecule has 7 heteroatoms. The fraction of sp³-hybridized carbons (Fsp3) is 0.400. The number of rotatable bonds is 5. The predicted molar refractivity (Wildman–Crippen MR) is 98.5 cm³/mol. The van der Waals surface area contributed by atoms with Crippen LogP contribution in [0.5, 0.6) is 11.5 Å². The molecule has 2 aromatic rings. The maximum absolute atomic E-state index is 12.9. The van der Waals surface area contributed by atoms with Crippen LogP contribution in [0.2, 0.25) is 5.02 Å². The minimum absolute atomic E-state index is 0.00318. The molecule has 146 valence electrons. The van der Waals surface area contributed by atoms with Crippen molar-refractivity contribution in [1.29, 1.82) is 0 Å². The van der Waals surface area contributed by atoms with E-state index in [9.17, 15) is 13.2 Å². The Morgan fingerprint density at radius 2 is 1.96 bits per heavy atom. The molecule has 1 aliphatic rings. The number of alkyl halides is 3. The van der Waals surface area contributed by atoms with Crippen molar-refractivity contribution in [3.05, 3.63) is 58.6 Å². The lowest BCUT2D eigenvalue weighted by molar-refractivity contribution is -0.137. The highest BCUT2D eigenvalue weighted by Gasteiger charge is 2.31. The molecule has 0 amide bonds. The molecule has 1 heterocycles. The van der Waals surface area contributed by atoms with E-state index in [1.165, 1.54) is 6.07 Å². The van der Waals surface area contributed by atoms with Crippen LogP contribution < -0.4 is 14.8 Å². The maximum atomic E-state index is 12.9. The molecule has 0 aromatic heterocycles. The SMILES string of the molecule is C[C@@H](Oc1ccc(Cl)cc1O[C@@H]1CCCNC1)c1cccc(C(F)(F)F)c1. The van der Waals surface area contributed by atoms with Gasteiger partial charge in [-0.05, 0) is 56.1 Å². The highest BCUT2D eigenvalue weighted by Crippen LogP contribution is 2.36. The second-order valence-corrected chi connectivity index (χ2v) is 7.00. The van der Waals surface area contributed by atoms with Crippen LogP contribution in [0.1, 0.15) is 37.0 Å². The van der Waals surface area contributed by atoms with E-state index in [4.69, 9.17) is 21.1 Å². The van der Waals surface area contributed by atoms with E-state index >= 15 is 0 Å². The first-order chi connectivity index (χ1) is 12.8. The maximum Gasteiger partial charge on any atom is 0.416 e. The zero-order valence-electron chi connectivity index (χ0n) is 14.9. The zero-order chi connectivity index (χ0) is 19.4. The summed E-state index contributed by atoms with van der Waals surface area (Å²) in [6.07, 6.45) is -3.04. The van der Waals surface area contributed by atoms with Gasteiger partial charge in [-0.3, -0.25) is 0 Å². The summed E-state index contributed by atoms with van der Waals surface area (Å²) >= 11 is 6.08. The van der Waals surface area contributed by atoms with Crippen molar-refractivity contribution in [2.45, 2.75) is 38.1 Å². The minimum atomic E-state index is -4.39. The van der Waals surface area contributed by atoms with Gasteiger partial charge in [0.25, 0.3) is 0 Å². The van der Waals surface area contributed by atoms with Crippen molar-refractivity contribution in [3.63, 3.8) is 0 Å². The van der Waals surface area contributed by atoms with E-state index < -0.39 is 17.8 Å². The van der Waals surface area contributed by atoms with Gasteiger partial charge in [-0.2, -0.15) is 13.2 Å². The normalized spacial score (nSPS) is 18.8. The Kier molecular flexibility index (Phi) is 6.17. The first-order valence-corrected chi connectivity index (χ1v) is 9.21. The van der Waals surface area contributed by atoms with Gasteiger partial charge in [0.2, 0.25) is 0 Å². The molecule has 1 N–H and O–H groups in total. The number of nitrogens with one attached hydrogen (secondary N) is 1. The summed E-state index contributed by atoms with van der Waals surface area (Å²) in [5.74, 6) is 0.949. The summed E-state index contributed by atoms with van der Waals surface area (Å²) in [5.41, 5.74) is -0.263.